The molecule has 1 aliphatic heterocycles. The molecule has 4 rings (SSSR count). The van der Waals surface area contributed by atoms with Gasteiger partial charge in [0.15, 0.2) is 5.82 Å². The second-order valence-electron chi connectivity index (χ2n) is 4.71. The smallest absolute Gasteiger partial charge is 0.186 e. The summed E-state index contributed by atoms with van der Waals surface area (Å²) in [5.74, 6) is 0.813. The molecule has 4 nitrogen and oxygen atoms in total. The average Bonchev–Trinajstić information content (AvgIpc) is 3.15. The van der Waals surface area contributed by atoms with Gasteiger partial charge in [-0.15, -0.1) is 21.5 Å². The van der Waals surface area contributed by atoms with E-state index in [9.17, 15) is 0 Å². The van der Waals surface area contributed by atoms with Crippen LogP contribution in [0.1, 0.15) is 12.5 Å². The Kier molecular flexibility index (Phi) is 3.12. The largest absolute Gasteiger partial charge is 0.213 e. The summed E-state index contributed by atoms with van der Waals surface area (Å²) in [6.45, 7) is 2.15. The molecule has 0 unspecified atom stereocenters. The first-order valence-corrected chi connectivity index (χ1v) is 8.39. The lowest BCUT2D eigenvalue weighted by Gasteiger charge is -2.19. The van der Waals surface area contributed by atoms with Crippen LogP contribution in [-0.2, 0) is 0 Å². The van der Waals surface area contributed by atoms with E-state index in [4.69, 9.17) is 5.10 Å². The molecule has 0 fully saturated rings. The predicted molar refractivity (Wildman–Crippen MR) is 87.0 cm³/mol. The highest BCUT2D eigenvalue weighted by atomic mass is 32.2. The lowest BCUT2D eigenvalue weighted by Crippen LogP contribution is -2.21. The van der Waals surface area contributed by atoms with Crippen molar-refractivity contribution in [1.82, 2.24) is 14.9 Å². The predicted octanol–water partition coefficient (Wildman–Crippen LogP) is 3.75. The highest BCUT2D eigenvalue weighted by Gasteiger charge is 2.26. The molecule has 2 aromatic heterocycles. The van der Waals surface area contributed by atoms with Crippen molar-refractivity contribution in [2.75, 3.05) is 0 Å². The number of rotatable bonds is 2. The summed E-state index contributed by atoms with van der Waals surface area (Å²) in [6.07, 6.45) is 0. The quantitative estimate of drug-likeness (QED) is 0.724. The van der Waals surface area contributed by atoms with E-state index in [0.29, 0.717) is 0 Å². The van der Waals surface area contributed by atoms with E-state index in [1.165, 1.54) is 0 Å². The Morgan fingerprint density at radius 2 is 1.90 bits per heavy atom. The molecule has 0 amide bonds. The molecular weight excluding hydrogens is 300 g/mol. The maximum absolute atomic E-state index is 4.81. The number of thiophene rings is 1. The second kappa shape index (κ2) is 5.13. The van der Waals surface area contributed by atoms with Gasteiger partial charge in [0.2, 0.25) is 5.16 Å². The molecule has 0 aliphatic carbocycles. The van der Waals surface area contributed by atoms with E-state index >= 15 is 0 Å². The lowest BCUT2D eigenvalue weighted by molar-refractivity contribution is 0.755. The van der Waals surface area contributed by atoms with Gasteiger partial charge in [-0.05, 0) is 23.9 Å². The van der Waals surface area contributed by atoms with Crippen molar-refractivity contribution in [3.8, 4) is 10.7 Å². The molecule has 3 heterocycles. The second-order valence-corrected chi connectivity index (χ2v) is 6.96. The minimum absolute atomic E-state index is 0.264. The van der Waals surface area contributed by atoms with Crippen molar-refractivity contribution in [3.63, 3.8) is 0 Å². The van der Waals surface area contributed by atoms with Crippen LogP contribution in [-0.4, -0.2) is 25.8 Å². The number of hydrogen-bond donors (Lipinski definition) is 0. The molecule has 1 atom stereocenters. The van der Waals surface area contributed by atoms with Crippen LogP contribution in [0.2, 0.25) is 0 Å². The highest BCUT2D eigenvalue weighted by Crippen LogP contribution is 2.33. The molecule has 6 heteroatoms. The Labute approximate surface area is 130 Å². The van der Waals surface area contributed by atoms with Crippen LogP contribution >= 0.6 is 23.1 Å². The van der Waals surface area contributed by atoms with Crippen molar-refractivity contribution in [2.45, 2.75) is 17.3 Å². The first-order chi connectivity index (χ1) is 10.3. The van der Waals surface area contributed by atoms with E-state index in [1.54, 1.807) is 23.1 Å². The number of hydrogen-bond acceptors (Lipinski definition) is 5. The summed E-state index contributed by atoms with van der Waals surface area (Å²) in [5, 5.41) is 16.5. The molecule has 1 aliphatic rings. The van der Waals surface area contributed by atoms with Crippen LogP contribution in [0, 0.1) is 0 Å². The van der Waals surface area contributed by atoms with Gasteiger partial charge in [-0.25, -0.2) is 0 Å². The van der Waals surface area contributed by atoms with Gasteiger partial charge in [0.05, 0.1) is 15.8 Å². The zero-order valence-corrected chi connectivity index (χ0v) is 12.9. The van der Waals surface area contributed by atoms with Gasteiger partial charge < -0.3 is 0 Å². The molecule has 21 heavy (non-hydrogen) atoms. The number of thioether (sulfide) groups is 1. The minimum Gasteiger partial charge on any atom is -0.186 e. The van der Waals surface area contributed by atoms with Gasteiger partial charge >= 0.3 is 0 Å². The summed E-state index contributed by atoms with van der Waals surface area (Å²) in [7, 11) is 0. The standard InChI is InChI=1S/C15H12N4S2/c1-10-13(11-6-3-2-4-7-11)18-19-14(12-8-5-9-20-12)16-17-15(19)21-10/h2-10H,1H3/t10-/m1/s1. The molecule has 0 saturated carbocycles. The summed E-state index contributed by atoms with van der Waals surface area (Å²) in [5.41, 5.74) is 2.21. The van der Waals surface area contributed by atoms with E-state index < -0.39 is 0 Å². The van der Waals surface area contributed by atoms with E-state index in [2.05, 4.69) is 29.3 Å². The molecule has 3 aromatic rings. The molecule has 104 valence electrons. The van der Waals surface area contributed by atoms with Crippen molar-refractivity contribution >= 4 is 28.8 Å². The van der Waals surface area contributed by atoms with Gasteiger partial charge in [0.1, 0.15) is 0 Å². The van der Waals surface area contributed by atoms with E-state index in [1.807, 2.05) is 40.4 Å². The molecule has 1 aromatic carbocycles. The monoisotopic (exact) mass is 312 g/mol. The van der Waals surface area contributed by atoms with Crippen LogP contribution in [0.4, 0.5) is 0 Å². The van der Waals surface area contributed by atoms with E-state index in [-0.39, 0.29) is 5.25 Å². The topological polar surface area (TPSA) is 43.1 Å². The minimum atomic E-state index is 0.264. The van der Waals surface area contributed by atoms with Crippen LogP contribution in [0.15, 0.2) is 58.1 Å². The van der Waals surface area contributed by atoms with Gasteiger partial charge in [-0.2, -0.15) is 9.78 Å². The number of aromatic nitrogens is 3. The maximum atomic E-state index is 4.81. The average molecular weight is 312 g/mol. The Morgan fingerprint density at radius 3 is 2.67 bits per heavy atom. The van der Waals surface area contributed by atoms with Crippen LogP contribution in [0.5, 0.6) is 0 Å². The van der Waals surface area contributed by atoms with Crippen molar-refractivity contribution in [2.24, 2.45) is 5.10 Å². The lowest BCUT2D eigenvalue weighted by atomic mass is 10.1. The third-order valence-corrected chi connectivity index (χ3v) is 5.21. The summed E-state index contributed by atoms with van der Waals surface area (Å²) >= 11 is 3.35. The first kappa shape index (κ1) is 12.8. The third kappa shape index (κ3) is 2.20. The van der Waals surface area contributed by atoms with Crippen LogP contribution in [0.25, 0.3) is 10.7 Å². The van der Waals surface area contributed by atoms with Gasteiger partial charge in [0.25, 0.3) is 0 Å². The molecule has 0 bridgehead atoms. The zero-order valence-electron chi connectivity index (χ0n) is 11.3. The molecule has 0 spiro atoms. The fourth-order valence-electron chi connectivity index (χ4n) is 2.29. The highest BCUT2D eigenvalue weighted by molar-refractivity contribution is 8.00. The fraction of sp³-hybridized carbons (Fsp3) is 0.133. The summed E-state index contributed by atoms with van der Waals surface area (Å²) in [4.78, 5) is 1.08. The Morgan fingerprint density at radius 1 is 1.05 bits per heavy atom. The fourth-order valence-corrected chi connectivity index (χ4v) is 3.91. The SMILES string of the molecule is C[C@H]1Sc2nnc(-c3cccs3)n2N=C1c1ccccc1. The number of benzene rings is 1. The Balaban J connectivity index is 1.85. The van der Waals surface area contributed by atoms with Crippen molar-refractivity contribution in [3.05, 3.63) is 53.4 Å². The molecule has 0 radical (unpaired) electrons. The number of fused-ring (bicyclic) bond motifs is 1. The van der Waals surface area contributed by atoms with Crippen molar-refractivity contribution in [1.29, 1.82) is 0 Å². The van der Waals surface area contributed by atoms with Crippen LogP contribution < -0.4 is 0 Å². The van der Waals surface area contributed by atoms with E-state index in [0.717, 1.165) is 27.1 Å². The van der Waals surface area contributed by atoms with Gasteiger partial charge in [0, 0.05) is 0 Å². The summed E-state index contributed by atoms with van der Waals surface area (Å²) in [6, 6.07) is 14.3. The first-order valence-electron chi connectivity index (χ1n) is 6.63. The molecule has 0 N–H and O–H groups in total. The zero-order chi connectivity index (χ0) is 14.2. The van der Waals surface area contributed by atoms with Crippen LogP contribution in [0.3, 0.4) is 0 Å². The molecular formula is C15H12N4S2. The van der Waals surface area contributed by atoms with Gasteiger partial charge in [-0.1, -0.05) is 48.2 Å². The van der Waals surface area contributed by atoms with Crippen molar-refractivity contribution < 1.29 is 0 Å². The Bertz CT molecular complexity index is 790. The normalized spacial score (nSPS) is 17.4. The van der Waals surface area contributed by atoms with Gasteiger partial charge in [-0.3, -0.25) is 0 Å². The third-order valence-electron chi connectivity index (χ3n) is 3.30. The maximum Gasteiger partial charge on any atom is 0.213 e. The number of nitrogens with zero attached hydrogens (tertiary/aromatic N) is 4. The molecule has 0 saturated heterocycles. The Hall–Kier alpha value is -1.92. The summed E-state index contributed by atoms with van der Waals surface area (Å²) < 4.78 is 1.86.